The zero-order valence-corrected chi connectivity index (χ0v) is 17.0. The number of aromatic nitrogens is 2. The summed E-state index contributed by atoms with van der Waals surface area (Å²) in [5.41, 5.74) is 3.29. The largest absolute Gasteiger partial charge is 0.389 e. The van der Waals surface area contributed by atoms with Gasteiger partial charge < -0.3 is 9.47 Å². The molecule has 0 radical (unpaired) electrons. The third-order valence-corrected chi connectivity index (χ3v) is 4.35. The highest BCUT2D eigenvalue weighted by Gasteiger charge is 2.29. The Labute approximate surface area is 168 Å². The predicted octanol–water partition coefficient (Wildman–Crippen LogP) is 3.64. The SMILES string of the molecule is CN(C)CC(C)(C)Cn1c(CCC(F)(F)F)nc2cc(C=CC(=O)NO)ccc21. The van der Waals surface area contributed by atoms with Gasteiger partial charge in [0.25, 0.3) is 5.91 Å². The van der Waals surface area contributed by atoms with Crippen LogP contribution in [0.25, 0.3) is 17.1 Å². The Kier molecular flexibility index (Phi) is 7.07. The number of halogens is 3. The maximum absolute atomic E-state index is 12.8. The zero-order valence-electron chi connectivity index (χ0n) is 17.0. The highest BCUT2D eigenvalue weighted by Crippen LogP contribution is 2.28. The summed E-state index contributed by atoms with van der Waals surface area (Å²) in [6.07, 6.45) is -2.74. The first-order chi connectivity index (χ1) is 13.4. The lowest BCUT2D eigenvalue weighted by Gasteiger charge is -2.29. The monoisotopic (exact) mass is 412 g/mol. The first kappa shape index (κ1) is 22.9. The summed E-state index contributed by atoms with van der Waals surface area (Å²) < 4.78 is 40.3. The lowest BCUT2D eigenvalue weighted by atomic mass is 9.92. The minimum absolute atomic E-state index is 0.179. The van der Waals surface area contributed by atoms with Crippen LogP contribution in [0.2, 0.25) is 0 Å². The number of nitrogens with zero attached hydrogens (tertiary/aromatic N) is 3. The number of fused-ring (bicyclic) bond motifs is 1. The van der Waals surface area contributed by atoms with Crippen LogP contribution in [0.1, 0.15) is 31.7 Å². The maximum atomic E-state index is 12.8. The minimum Gasteiger partial charge on any atom is -0.327 e. The van der Waals surface area contributed by atoms with Gasteiger partial charge in [0.15, 0.2) is 0 Å². The van der Waals surface area contributed by atoms with Crippen molar-refractivity contribution in [3.63, 3.8) is 0 Å². The third kappa shape index (κ3) is 6.86. The van der Waals surface area contributed by atoms with Gasteiger partial charge in [0.1, 0.15) is 5.82 Å². The molecule has 0 atom stereocenters. The van der Waals surface area contributed by atoms with E-state index in [1.54, 1.807) is 18.2 Å². The molecule has 2 N–H and O–H groups in total. The summed E-state index contributed by atoms with van der Waals surface area (Å²) in [6, 6.07) is 5.26. The topological polar surface area (TPSA) is 70.4 Å². The van der Waals surface area contributed by atoms with E-state index in [1.165, 1.54) is 11.6 Å². The fourth-order valence-electron chi connectivity index (χ4n) is 3.46. The molecule has 1 aromatic carbocycles. The second-order valence-electron chi connectivity index (χ2n) is 8.19. The highest BCUT2D eigenvalue weighted by atomic mass is 19.4. The van der Waals surface area contributed by atoms with Crippen molar-refractivity contribution >= 4 is 23.0 Å². The van der Waals surface area contributed by atoms with Gasteiger partial charge in [0.2, 0.25) is 0 Å². The van der Waals surface area contributed by atoms with Crippen LogP contribution in [0, 0.1) is 5.41 Å². The number of benzene rings is 1. The Morgan fingerprint density at radius 3 is 2.59 bits per heavy atom. The first-order valence-corrected chi connectivity index (χ1v) is 9.23. The van der Waals surface area contributed by atoms with Gasteiger partial charge in [-0.05, 0) is 43.3 Å². The molecule has 0 aliphatic rings. The molecule has 0 aliphatic heterocycles. The number of carbonyl (C=O) groups is 1. The van der Waals surface area contributed by atoms with Gasteiger partial charge in [-0.2, -0.15) is 13.2 Å². The average molecular weight is 412 g/mol. The fourth-order valence-corrected chi connectivity index (χ4v) is 3.46. The number of hydrogen-bond donors (Lipinski definition) is 2. The van der Waals surface area contributed by atoms with Crippen molar-refractivity contribution < 1.29 is 23.2 Å². The number of nitrogens with one attached hydrogen (secondary N) is 1. The predicted molar refractivity (Wildman–Crippen MR) is 105 cm³/mol. The molecule has 0 spiro atoms. The van der Waals surface area contributed by atoms with Crippen LogP contribution < -0.4 is 5.48 Å². The van der Waals surface area contributed by atoms with E-state index in [1.807, 2.05) is 23.6 Å². The van der Waals surface area contributed by atoms with E-state index >= 15 is 0 Å². The zero-order chi connectivity index (χ0) is 21.8. The molecule has 1 amide bonds. The molecule has 160 valence electrons. The number of rotatable bonds is 8. The van der Waals surface area contributed by atoms with Gasteiger partial charge in [-0.25, -0.2) is 10.5 Å². The van der Waals surface area contributed by atoms with E-state index in [-0.39, 0.29) is 11.8 Å². The molecule has 1 aromatic heterocycles. The fraction of sp³-hybridized carbons (Fsp3) is 0.500. The van der Waals surface area contributed by atoms with Crippen molar-refractivity contribution in [1.29, 1.82) is 0 Å². The molecule has 9 heteroatoms. The number of hydroxylamine groups is 1. The van der Waals surface area contributed by atoms with Crippen LogP contribution in [0.4, 0.5) is 13.2 Å². The lowest BCUT2D eigenvalue weighted by Crippen LogP contribution is -2.33. The van der Waals surface area contributed by atoms with Gasteiger partial charge in [-0.15, -0.1) is 0 Å². The number of imidazole rings is 1. The molecule has 6 nitrogen and oxygen atoms in total. The number of aryl methyl sites for hydroxylation is 1. The lowest BCUT2D eigenvalue weighted by molar-refractivity contribution is -0.134. The van der Waals surface area contributed by atoms with Crippen LogP contribution in [-0.4, -0.2) is 52.4 Å². The summed E-state index contributed by atoms with van der Waals surface area (Å²) >= 11 is 0. The van der Waals surface area contributed by atoms with Gasteiger partial charge >= 0.3 is 6.18 Å². The van der Waals surface area contributed by atoms with E-state index in [4.69, 9.17) is 5.21 Å². The van der Waals surface area contributed by atoms with Crippen molar-refractivity contribution in [2.45, 2.75) is 39.4 Å². The molecule has 0 aliphatic carbocycles. The molecule has 1 heterocycles. The highest BCUT2D eigenvalue weighted by molar-refractivity contribution is 5.91. The first-order valence-electron chi connectivity index (χ1n) is 9.23. The third-order valence-electron chi connectivity index (χ3n) is 4.35. The number of amides is 1. The average Bonchev–Trinajstić information content (AvgIpc) is 2.92. The van der Waals surface area contributed by atoms with Gasteiger partial charge in [0.05, 0.1) is 17.5 Å². The molecule has 0 saturated heterocycles. The van der Waals surface area contributed by atoms with E-state index < -0.39 is 18.5 Å². The smallest absolute Gasteiger partial charge is 0.327 e. The van der Waals surface area contributed by atoms with E-state index in [9.17, 15) is 18.0 Å². The van der Waals surface area contributed by atoms with E-state index in [2.05, 4.69) is 18.8 Å². The Morgan fingerprint density at radius 2 is 2.00 bits per heavy atom. The van der Waals surface area contributed by atoms with Crippen LogP contribution in [0.5, 0.6) is 0 Å². The van der Waals surface area contributed by atoms with E-state index in [0.29, 0.717) is 23.4 Å². The molecular formula is C20H27F3N4O2. The normalized spacial score (nSPS) is 13.0. The Bertz CT molecular complexity index is 886. The van der Waals surface area contributed by atoms with Crippen LogP contribution in [-0.2, 0) is 17.8 Å². The van der Waals surface area contributed by atoms with Gasteiger partial charge in [-0.3, -0.25) is 10.0 Å². The summed E-state index contributed by atoms with van der Waals surface area (Å²) in [5.74, 6) is -0.287. The van der Waals surface area contributed by atoms with Crippen LogP contribution in [0.3, 0.4) is 0 Å². The van der Waals surface area contributed by atoms with Crippen molar-refractivity contribution in [2.75, 3.05) is 20.6 Å². The van der Waals surface area contributed by atoms with Gasteiger partial charge in [-0.1, -0.05) is 19.9 Å². The van der Waals surface area contributed by atoms with Gasteiger partial charge in [0, 0.05) is 25.6 Å². The summed E-state index contributed by atoms with van der Waals surface area (Å²) in [6.45, 7) is 5.42. The molecular weight excluding hydrogens is 385 g/mol. The number of carbonyl (C=O) groups excluding carboxylic acids is 1. The molecule has 0 fully saturated rings. The maximum Gasteiger partial charge on any atom is 0.389 e. The summed E-state index contributed by atoms with van der Waals surface area (Å²) in [4.78, 5) is 17.7. The number of hydrogen-bond acceptors (Lipinski definition) is 4. The molecule has 0 unspecified atom stereocenters. The molecule has 0 saturated carbocycles. The molecule has 0 bridgehead atoms. The summed E-state index contributed by atoms with van der Waals surface area (Å²) in [7, 11) is 3.92. The molecule has 2 rings (SSSR count). The molecule has 29 heavy (non-hydrogen) atoms. The van der Waals surface area contributed by atoms with Crippen molar-refractivity contribution in [3.8, 4) is 0 Å². The standard InChI is InChI=1S/C20H27F3N4O2/c1-19(2,12-26(3)4)13-27-16-7-5-14(6-8-18(28)25-29)11-15(16)24-17(27)9-10-20(21,22)23/h5-8,11,29H,9-10,12-13H2,1-4H3,(H,25,28). The van der Waals surface area contributed by atoms with Crippen molar-refractivity contribution in [3.05, 3.63) is 35.7 Å². The van der Waals surface area contributed by atoms with Crippen molar-refractivity contribution in [2.24, 2.45) is 5.41 Å². The second-order valence-corrected chi connectivity index (χ2v) is 8.19. The Morgan fingerprint density at radius 1 is 1.31 bits per heavy atom. The second kappa shape index (κ2) is 8.96. The summed E-state index contributed by atoms with van der Waals surface area (Å²) in [5, 5.41) is 8.56. The Hall–Kier alpha value is -2.39. The van der Waals surface area contributed by atoms with Crippen LogP contribution in [0.15, 0.2) is 24.3 Å². The van der Waals surface area contributed by atoms with Crippen molar-refractivity contribution in [1.82, 2.24) is 19.9 Å². The number of alkyl halides is 3. The minimum atomic E-state index is -4.26. The molecule has 2 aromatic rings. The Balaban J connectivity index is 2.44. The van der Waals surface area contributed by atoms with E-state index in [0.717, 1.165) is 18.1 Å². The van der Waals surface area contributed by atoms with Crippen LogP contribution >= 0.6 is 0 Å². The quantitative estimate of drug-likeness (QED) is 0.395.